The van der Waals surface area contributed by atoms with Crippen molar-refractivity contribution >= 4 is 27.7 Å². The molecule has 0 atom stereocenters. The van der Waals surface area contributed by atoms with E-state index in [0.717, 1.165) is 28.0 Å². The Balaban J connectivity index is 1.83. The molecule has 0 aliphatic rings. The predicted octanol–water partition coefficient (Wildman–Crippen LogP) is 5.18. The Bertz CT molecular complexity index is 1300. The number of carbonyl (C=O) groups excluding carboxylic acids is 1. The van der Waals surface area contributed by atoms with Crippen LogP contribution in [0, 0.1) is 19.7 Å². The van der Waals surface area contributed by atoms with E-state index in [1.807, 2.05) is 42.8 Å². The number of nitrogens with one attached hydrogen (secondary N) is 2. The van der Waals surface area contributed by atoms with Gasteiger partial charge < -0.3 is 9.73 Å². The summed E-state index contributed by atoms with van der Waals surface area (Å²) in [4.78, 5) is 12.2. The highest BCUT2D eigenvalue weighted by molar-refractivity contribution is 7.90. The molecule has 1 aromatic heterocycles. The van der Waals surface area contributed by atoms with Gasteiger partial charge in [0.15, 0.2) is 0 Å². The van der Waals surface area contributed by atoms with Crippen LogP contribution in [0.25, 0.3) is 17.2 Å². The molecule has 1 amide bonds. The molecule has 3 rings (SSSR count). The zero-order valence-corrected chi connectivity index (χ0v) is 19.8. The molecule has 8 heteroatoms. The number of amides is 1. The fourth-order valence-corrected chi connectivity index (χ4v) is 3.91. The van der Waals surface area contributed by atoms with Gasteiger partial charge in [0.2, 0.25) is 10.0 Å². The lowest BCUT2D eigenvalue weighted by Gasteiger charge is -2.13. The second kappa shape index (κ2) is 10.0. The molecule has 0 saturated heterocycles. The van der Waals surface area contributed by atoms with Crippen molar-refractivity contribution in [2.24, 2.45) is 0 Å². The van der Waals surface area contributed by atoms with Crippen molar-refractivity contribution in [1.82, 2.24) is 4.72 Å². The molecule has 0 aliphatic carbocycles. The fraction of sp³-hybridized carbons (Fsp3) is 0.240. The van der Waals surface area contributed by atoms with Crippen LogP contribution >= 0.6 is 0 Å². The predicted molar refractivity (Wildman–Crippen MR) is 129 cm³/mol. The van der Waals surface area contributed by atoms with Crippen LogP contribution in [0.5, 0.6) is 0 Å². The molecule has 3 aromatic rings. The van der Waals surface area contributed by atoms with E-state index >= 15 is 0 Å². The lowest BCUT2D eigenvalue weighted by atomic mass is 9.93. The molecular formula is C25H27FN2O4S. The highest BCUT2D eigenvalue weighted by Crippen LogP contribution is 2.31. The van der Waals surface area contributed by atoms with E-state index in [2.05, 4.69) is 5.32 Å². The van der Waals surface area contributed by atoms with Crippen LogP contribution in [0.4, 0.5) is 10.1 Å². The van der Waals surface area contributed by atoms with Crippen molar-refractivity contribution in [2.75, 3.05) is 11.1 Å². The average Bonchev–Trinajstić information content (AvgIpc) is 3.28. The Morgan fingerprint density at radius 3 is 2.48 bits per heavy atom. The summed E-state index contributed by atoms with van der Waals surface area (Å²) >= 11 is 0. The maximum atomic E-state index is 14.9. The quantitative estimate of drug-likeness (QED) is 0.443. The van der Waals surface area contributed by atoms with Gasteiger partial charge in [0.25, 0.3) is 5.91 Å². The van der Waals surface area contributed by atoms with Crippen LogP contribution in [0.1, 0.15) is 36.3 Å². The minimum Gasteiger partial charge on any atom is -0.467 e. The van der Waals surface area contributed by atoms with Crippen LogP contribution in [0.2, 0.25) is 0 Å². The van der Waals surface area contributed by atoms with E-state index < -0.39 is 15.9 Å². The Morgan fingerprint density at radius 1 is 1.09 bits per heavy atom. The Kier molecular flexibility index (Phi) is 7.38. The third-order valence-electron chi connectivity index (χ3n) is 5.28. The summed E-state index contributed by atoms with van der Waals surface area (Å²) < 4.78 is 45.5. The number of hydrogen-bond donors (Lipinski definition) is 2. The Labute approximate surface area is 193 Å². The zero-order chi connectivity index (χ0) is 24.2. The smallest absolute Gasteiger partial charge is 0.260 e. The lowest BCUT2D eigenvalue weighted by Crippen LogP contribution is -2.32. The Hall–Kier alpha value is -3.39. The van der Waals surface area contributed by atoms with Crippen molar-refractivity contribution in [3.05, 3.63) is 82.6 Å². The van der Waals surface area contributed by atoms with Crippen LogP contribution in [-0.4, -0.2) is 20.1 Å². The first-order valence-corrected chi connectivity index (χ1v) is 12.2. The summed E-state index contributed by atoms with van der Waals surface area (Å²) in [5.74, 6) is -0.445. The highest BCUT2D eigenvalue weighted by atomic mass is 32.2. The highest BCUT2D eigenvalue weighted by Gasteiger charge is 2.15. The first-order valence-electron chi connectivity index (χ1n) is 10.5. The van der Waals surface area contributed by atoms with E-state index in [1.54, 1.807) is 31.4 Å². The summed E-state index contributed by atoms with van der Waals surface area (Å²) in [5.41, 5.74) is 4.55. The average molecular weight is 471 g/mol. The van der Waals surface area contributed by atoms with Crippen molar-refractivity contribution in [1.29, 1.82) is 0 Å². The second-order valence-electron chi connectivity index (χ2n) is 7.81. The van der Waals surface area contributed by atoms with Crippen LogP contribution < -0.4 is 10.0 Å². The third-order valence-corrected chi connectivity index (χ3v) is 6.53. The molecule has 0 radical (unpaired) electrons. The topological polar surface area (TPSA) is 88.4 Å². The van der Waals surface area contributed by atoms with Gasteiger partial charge in [-0.05, 0) is 86.4 Å². The first kappa shape index (κ1) is 24.3. The van der Waals surface area contributed by atoms with Gasteiger partial charge in [0, 0.05) is 16.8 Å². The monoisotopic (exact) mass is 470 g/mol. The van der Waals surface area contributed by atoms with E-state index in [0.29, 0.717) is 17.8 Å². The van der Waals surface area contributed by atoms with Crippen molar-refractivity contribution in [2.45, 2.75) is 34.2 Å². The van der Waals surface area contributed by atoms with Gasteiger partial charge in [-0.25, -0.2) is 17.5 Å². The number of benzene rings is 2. The standard InChI is InChI=1S/C25H27FN2O4S/c1-5-33(30,31)28-25(29)18(4)12-19-11-17(3)23(13-16(19)2)22-9-8-20(14-24(22)26)27-15-21-7-6-10-32-21/h6-14,27H,5,15H2,1-4H3,(H,28,29). The van der Waals surface area contributed by atoms with E-state index in [-0.39, 0.29) is 17.1 Å². The molecular weight excluding hydrogens is 443 g/mol. The maximum absolute atomic E-state index is 14.9. The minimum absolute atomic E-state index is 0.179. The summed E-state index contributed by atoms with van der Waals surface area (Å²) in [6.45, 7) is 7.20. The van der Waals surface area contributed by atoms with Crippen LogP contribution in [0.3, 0.4) is 0 Å². The first-order chi connectivity index (χ1) is 15.6. The summed E-state index contributed by atoms with van der Waals surface area (Å²) in [5, 5.41) is 3.13. The maximum Gasteiger partial charge on any atom is 0.260 e. The molecule has 0 bridgehead atoms. The molecule has 0 saturated carbocycles. The SMILES string of the molecule is CCS(=O)(=O)NC(=O)C(C)=Cc1cc(C)c(-c2ccc(NCc3ccco3)cc2F)cc1C. The van der Waals surface area contributed by atoms with Crippen molar-refractivity contribution in [3.8, 4) is 11.1 Å². The molecule has 0 aliphatic heterocycles. The lowest BCUT2D eigenvalue weighted by molar-refractivity contribution is -0.115. The number of furan rings is 1. The summed E-state index contributed by atoms with van der Waals surface area (Å²) in [6.07, 6.45) is 3.22. The number of anilines is 1. The van der Waals surface area contributed by atoms with Crippen LogP contribution in [0.15, 0.2) is 58.7 Å². The van der Waals surface area contributed by atoms with Crippen molar-refractivity contribution in [3.63, 3.8) is 0 Å². The molecule has 0 unspecified atom stereocenters. The third kappa shape index (κ3) is 6.10. The molecule has 0 spiro atoms. The fourth-order valence-electron chi connectivity index (χ4n) is 3.32. The van der Waals surface area contributed by atoms with E-state index in [1.165, 1.54) is 13.0 Å². The summed E-state index contributed by atoms with van der Waals surface area (Å²) in [7, 11) is -3.63. The number of halogens is 1. The number of rotatable bonds is 8. The zero-order valence-electron chi connectivity index (χ0n) is 19.0. The molecule has 2 aromatic carbocycles. The molecule has 2 N–H and O–H groups in total. The number of aryl methyl sites for hydroxylation is 2. The van der Waals surface area contributed by atoms with Gasteiger partial charge in [-0.15, -0.1) is 0 Å². The van der Waals surface area contributed by atoms with Gasteiger partial charge in [-0.2, -0.15) is 0 Å². The second-order valence-corrected chi connectivity index (χ2v) is 9.82. The number of hydrogen-bond acceptors (Lipinski definition) is 5. The number of sulfonamides is 1. The van der Waals surface area contributed by atoms with Crippen molar-refractivity contribution < 1.29 is 22.0 Å². The van der Waals surface area contributed by atoms with Crippen LogP contribution in [-0.2, 0) is 21.4 Å². The van der Waals surface area contributed by atoms with Gasteiger partial charge in [-0.1, -0.05) is 12.1 Å². The summed E-state index contributed by atoms with van der Waals surface area (Å²) in [6, 6.07) is 12.4. The number of carbonyl (C=O) groups is 1. The van der Waals surface area contributed by atoms with E-state index in [9.17, 15) is 17.6 Å². The van der Waals surface area contributed by atoms with E-state index in [4.69, 9.17) is 4.42 Å². The van der Waals surface area contributed by atoms with Gasteiger partial charge in [0.05, 0.1) is 18.6 Å². The molecule has 33 heavy (non-hydrogen) atoms. The largest absolute Gasteiger partial charge is 0.467 e. The van der Waals surface area contributed by atoms with Gasteiger partial charge >= 0.3 is 0 Å². The molecule has 0 fully saturated rings. The Morgan fingerprint density at radius 2 is 1.85 bits per heavy atom. The molecule has 1 heterocycles. The minimum atomic E-state index is -3.63. The van der Waals surface area contributed by atoms with Gasteiger partial charge in [0.1, 0.15) is 11.6 Å². The normalized spacial score (nSPS) is 12.0. The molecule has 6 nitrogen and oxygen atoms in total. The van der Waals surface area contributed by atoms with Gasteiger partial charge in [-0.3, -0.25) is 4.79 Å². The molecule has 174 valence electrons.